The maximum Gasteiger partial charge on any atom is 0.291 e. The van der Waals surface area contributed by atoms with Crippen LogP contribution in [0.4, 0.5) is 0 Å². The molecule has 0 saturated heterocycles. The molecular weight excluding hydrogens is 454 g/mol. The number of hydrogen-bond acceptors (Lipinski definition) is 12. The van der Waals surface area contributed by atoms with E-state index in [2.05, 4.69) is 35.5 Å². The summed E-state index contributed by atoms with van der Waals surface area (Å²) in [5.41, 5.74) is 2.02. The van der Waals surface area contributed by atoms with Gasteiger partial charge in [0.1, 0.15) is 18.9 Å². The number of rotatable bonds is 13. The molecule has 1 aliphatic rings. The molecule has 0 radical (unpaired) electrons. The van der Waals surface area contributed by atoms with Crippen molar-refractivity contribution in [2.75, 3.05) is 66.9 Å². The van der Waals surface area contributed by atoms with Gasteiger partial charge in [-0.1, -0.05) is 6.08 Å². The van der Waals surface area contributed by atoms with Crippen molar-refractivity contribution in [3.05, 3.63) is 11.8 Å². The van der Waals surface area contributed by atoms with E-state index in [0.717, 1.165) is 36.9 Å². The SMILES string of the molecule is COc1nsnc1OCCOCCOCCOc1nsnc1C1=CCCN(C)C1.Cl. The van der Waals surface area contributed by atoms with Gasteiger partial charge in [-0.15, -0.1) is 25.5 Å². The van der Waals surface area contributed by atoms with Crippen LogP contribution in [0.5, 0.6) is 17.6 Å². The molecule has 0 unspecified atom stereocenters. The third kappa shape index (κ3) is 7.60. The summed E-state index contributed by atoms with van der Waals surface area (Å²) < 4.78 is 43.7. The second kappa shape index (κ2) is 13.7. The van der Waals surface area contributed by atoms with Crippen molar-refractivity contribution in [1.29, 1.82) is 0 Å². The molecule has 0 aliphatic carbocycles. The van der Waals surface area contributed by atoms with Crippen molar-refractivity contribution < 1.29 is 23.7 Å². The smallest absolute Gasteiger partial charge is 0.291 e. The van der Waals surface area contributed by atoms with Crippen LogP contribution >= 0.6 is 35.9 Å². The summed E-state index contributed by atoms with van der Waals surface area (Å²) in [5.74, 6) is 1.37. The standard InChI is InChI=1S/C17H25N5O5S2.ClH/c1-22-5-3-4-13(12-22)14-15(19-28-18-14)26-10-8-24-6-7-25-9-11-27-17-16(23-2)20-29-21-17;/h4H,3,5-12H2,1-2H3;1H. The lowest BCUT2D eigenvalue weighted by molar-refractivity contribution is 0.0264. The van der Waals surface area contributed by atoms with Gasteiger partial charge in [-0.25, -0.2) is 0 Å². The Balaban J connectivity index is 0.00000320. The summed E-state index contributed by atoms with van der Waals surface area (Å²) >= 11 is 2.21. The van der Waals surface area contributed by atoms with Gasteiger partial charge in [0.2, 0.25) is 0 Å². The normalized spacial score (nSPS) is 14.1. The molecule has 3 rings (SSSR count). The van der Waals surface area contributed by atoms with E-state index in [0.29, 0.717) is 57.3 Å². The molecule has 0 spiro atoms. The van der Waals surface area contributed by atoms with Gasteiger partial charge < -0.3 is 28.6 Å². The molecule has 30 heavy (non-hydrogen) atoms. The number of likely N-dealkylation sites (N-methyl/N-ethyl adjacent to an activating group) is 1. The Morgan fingerprint density at radius 2 is 1.47 bits per heavy atom. The third-order valence-corrected chi connectivity index (χ3v) is 5.04. The molecule has 168 valence electrons. The zero-order valence-corrected chi connectivity index (χ0v) is 19.4. The number of ether oxygens (including phenoxy) is 5. The quantitative estimate of drug-likeness (QED) is 0.396. The topological polar surface area (TPSA) is 101 Å². The van der Waals surface area contributed by atoms with E-state index in [1.165, 1.54) is 24.4 Å². The number of halogens is 1. The van der Waals surface area contributed by atoms with Crippen molar-refractivity contribution in [3.8, 4) is 17.6 Å². The van der Waals surface area contributed by atoms with Gasteiger partial charge in [-0.05, 0) is 19.0 Å². The lowest BCUT2D eigenvalue weighted by Gasteiger charge is -2.22. The van der Waals surface area contributed by atoms with Crippen LogP contribution in [-0.4, -0.2) is 89.3 Å². The minimum atomic E-state index is 0. The van der Waals surface area contributed by atoms with Gasteiger partial charge in [-0.3, -0.25) is 0 Å². The van der Waals surface area contributed by atoms with Crippen LogP contribution in [0, 0.1) is 0 Å². The summed E-state index contributed by atoms with van der Waals surface area (Å²) in [6, 6.07) is 0. The molecule has 0 amide bonds. The van der Waals surface area contributed by atoms with Crippen molar-refractivity contribution >= 4 is 41.4 Å². The molecule has 0 bridgehead atoms. The number of methoxy groups -OCH3 is 1. The van der Waals surface area contributed by atoms with Crippen molar-refractivity contribution in [2.24, 2.45) is 0 Å². The fourth-order valence-corrected chi connectivity index (χ4v) is 3.64. The van der Waals surface area contributed by atoms with Gasteiger partial charge in [0.25, 0.3) is 17.6 Å². The van der Waals surface area contributed by atoms with Crippen LogP contribution in [0.3, 0.4) is 0 Å². The maximum absolute atomic E-state index is 5.74. The number of hydrogen-bond donors (Lipinski definition) is 0. The molecule has 2 aromatic heterocycles. The van der Waals surface area contributed by atoms with E-state index in [1.54, 1.807) is 0 Å². The Bertz CT molecular complexity index is 775. The summed E-state index contributed by atoms with van der Waals surface area (Å²) in [5, 5.41) is 0. The molecule has 0 atom stereocenters. The second-order valence-electron chi connectivity index (χ2n) is 6.17. The minimum Gasteiger partial charge on any atom is -0.477 e. The molecular formula is C17H26ClN5O5S2. The third-order valence-electron chi connectivity index (χ3n) is 4.03. The fourth-order valence-electron chi connectivity index (χ4n) is 2.64. The average Bonchev–Trinajstić information content (AvgIpc) is 3.38. The van der Waals surface area contributed by atoms with E-state index in [-0.39, 0.29) is 12.4 Å². The van der Waals surface area contributed by atoms with Crippen molar-refractivity contribution in [3.63, 3.8) is 0 Å². The number of aromatic nitrogens is 4. The van der Waals surface area contributed by atoms with E-state index in [1.807, 2.05) is 0 Å². The van der Waals surface area contributed by atoms with Gasteiger partial charge in [0.15, 0.2) is 0 Å². The summed E-state index contributed by atoms with van der Waals surface area (Å²) in [6.07, 6.45) is 3.23. The van der Waals surface area contributed by atoms with Crippen LogP contribution in [0.15, 0.2) is 6.08 Å². The molecule has 2 aromatic rings. The Morgan fingerprint density at radius 1 is 0.867 bits per heavy atom. The molecule has 0 fully saturated rings. The van der Waals surface area contributed by atoms with Gasteiger partial charge >= 0.3 is 0 Å². The van der Waals surface area contributed by atoms with Crippen LogP contribution in [-0.2, 0) is 9.47 Å². The highest BCUT2D eigenvalue weighted by Crippen LogP contribution is 2.26. The lowest BCUT2D eigenvalue weighted by Crippen LogP contribution is -2.25. The first-order valence-corrected chi connectivity index (χ1v) is 10.7. The highest BCUT2D eigenvalue weighted by atomic mass is 35.5. The lowest BCUT2D eigenvalue weighted by atomic mass is 10.1. The van der Waals surface area contributed by atoms with E-state index < -0.39 is 0 Å². The molecule has 0 aromatic carbocycles. The highest BCUT2D eigenvalue weighted by Gasteiger charge is 2.18. The molecule has 0 N–H and O–H groups in total. The van der Waals surface area contributed by atoms with E-state index in [4.69, 9.17) is 23.7 Å². The zero-order chi connectivity index (χ0) is 20.3. The first-order chi connectivity index (χ1) is 14.3. The Morgan fingerprint density at radius 3 is 2.17 bits per heavy atom. The van der Waals surface area contributed by atoms with E-state index in [9.17, 15) is 0 Å². The van der Waals surface area contributed by atoms with Crippen molar-refractivity contribution in [1.82, 2.24) is 22.4 Å². The molecule has 0 saturated carbocycles. The summed E-state index contributed by atoms with van der Waals surface area (Å²) in [7, 11) is 3.63. The summed E-state index contributed by atoms with van der Waals surface area (Å²) in [4.78, 5) is 2.26. The largest absolute Gasteiger partial charge is 0.477 e. The zero-order valence-electron chi connectivity index (χ0n) is 16.9. The first kappa shape index (κ1) is 24.7. The van der Waals surface area contributed by atoms with Crippen molar-refractivity contribution in [2.45, 2.75) is 6.42 Å². The van der Waals surface area contributed by atoms with Gasteiger partial charge in [-0.2, -0.15) is 4.37 Å². The number of nitrogens with zero attached hydrogens (tertiary/aromatic N) is 5. The molecule has 3 heterocycles. The van der Waals surface area contributed by atoms with E-state index >= 15 is 0 Å². The Hall–Kier alpha value is -1.57. The van der Waals surface area contributed by atoms with Crippen LogP contribution in [0.25, 0.3) is 5.57 Å². The Labute approximate surface area is 190 Å². The predicted octanol–water partition coefficient (Wildman–Crippen LogP) is 2.03. The Kier molecular flexibility index (Phi) is 11.3. The molecule has 10 nitrogen and oxygen atoms in total. The fraction of sp³-hybridized carbons (Fsp3) is 0.647. The minimum absolute atomic E-state index is 0. The van der Waals surface area contributed by atoms with Crippen LogP contribution in [0.1, 0.15) is 12.1 Å². The summed E-state index contributed by atoms with van der Waals surface area (Å²) in [6.45, 7) is 4.55. The molecule has 13 heteroatoms. The van der Waals surface area contributed by atoms with Gasteiger partial charge in [0, 0.05) is 13.1 Å². The van der Waals surface area contributed by atoms with Gasteiger partial charge in [0.05, 0.1) is 57.0 Å². The second-order valence-corrected chi connectivity index (χ2v) is 7.23. The van der Waals surface area contributed by atoms with Crippen LogP contribution < -0.4 is 14.2 Å². The average molecular weight is 480 g/mol. The van der Waals surface area contributed by atoms with Crippen LogP contribution in [0.2, 0.25) is 0 Å². The molecule has 1 aliphatic heterocycles. The first-order valence-electron chi connectivity index (χ1n) is 9.26. The predicted molar refractivity (Wildman–Crippen MR) is 116 cm³/mol. The highest BCUT2D eigenvalue weighted by molar-refractivity contribution is 6.99. The monoisotopic (exact) mass is 479 g/mol. The maximum atomic E-state index is 5.74.